The van der Waals surface area contributed by atoms with E-state index in [1.807, 2.05) is 36.2 Å². The van der Waals surface area contributed by atoms with Crippen LogP contribution in [0.1, 0.15) is 35.3 Å². The molecule has 0 bridgehead atoms. The molecule has 3 aromatic rings. The van der Waals surface area contributed by atoms with E-state index in [-0.39, 0.29) is 21.6 Å². The van der Waals surface area contributed by atoms with Crippen molar-refractivity contribution in [3.05, 3.63) is 63.5 Å². The molecule has 0 aliphatic carbocycles. The molecule has 6 nitrogen and oxygen atoms in total. The average molecular weight is 477 g/mol. The first-order valence-corrected chi connectivity index (χ1v) is 11.1. The van der Waals surface area contributed by atoms with Crippen LogP contribution in [0.15, 0.2) is 36.4 Å². The molecule has 168 valence electrons. The van der Waals surface area contributed by atoms with Gasteiger partial charge in [-0.05, 0) is 56.2 Å². The van der Waals surface area contributed by atoms with E-state index in [2.05, 4.69) is 10.5 Å². The fourth-order valence-electron chi connectivity index (χ4n) is 3.86. The highest BCUT2D eigenvalue weighted by Crippen LogP contribution is 2.35. The van der Waals surface area contributed by atoms with E-state index < -0.39 is 5.82 Å². The highest BCUT2D eigenvalue weighted by Gasteiger charge is 2.25. The minimum Gasteiger partial charge on any atom is -0.497 e. The molecule has 9 heteroatoms. The van der Waals surface area contributed by atoms with Gasteiger partial charge in [0, 0.05) is 24.2 Å². The molecule has 0 unspecified atom stereocenters. The number of nitrogens with zero attached hydrogens (tertiary/aromatic N) is 3. The number of methoxy groups -OCH3 is 1. The number of hydrogen-bond donors (Lipinski definition) is 1. The van der Waals surface area contributed by atoms with Gasteiger partial charge in [-0.1, -0.05) is 29.6 Å². The molecule has 0 spiro atoms. The summed E-state index contributed by atoms with van der Waals surface area (Å²) in [5.74, 6) is -0.362. The number of halogens is 3. The Morgan fingerprint density at radius 2 is 1.78 bits per heavy atom. The van der Waals surface area contributed by atoms with E-state index >= 15 is 0 Å². The van der Waals surface area contributed by atoms with Crippen LogP contribution in [0, 0.1) is 12.7 Å². The van der Waals surface area contributed by atoms with Crippen LogP contribution in [-0.4, -0.2) is 40.9 Å². The van der Waals surface area contributed by atoms with Gasteiger partial charge in [0.2, 0.25) is 0 Å². The maximum absolute atomic E-state index is 14.5. The van der Waals surface area contributed by atoms with Crippen LogP contribution < -0.4 is 10.2 Å². The molecular formula is C23H23Cl2FN4O2. The summed E-state index contributed by atoms with van der Waals surface area (Å²) in [6.45, 7) is 3.41. The summed E-state index contributed by atoms with van der Waals surface area (Å²) in [6.07, 6.45) is 3.22. The van der Waals surface area contributed by atoms with Crippen molar-refractivity contribution < 1.29 is 13.9 Å². The summed E-state index contributed by atoms with van der Waals surface area (Å²) in [5.41, 5.74) is 5.53. The van der Waals surface area contributed by atoms with Gasteiger partial charge in [0.15, 0.2) is 11.5 Å². The van der Waals surface area contributed by atoms with Crippen molar-refractivity contribution in [2.75, 3.05) is 20.2 Å². The summed E-state index contributed by atoms with van der Waals surface area (Å²) in [4.78, 5) is 13.1. The number of piperidine rings is 1. The van der Waals surface area contributed by atoms with Gasteiger partial charge in [-0.15, -0.1) is 0 Å². The maximum Gasteiger partial charge on any atom is 0.286 e. The number of carbonyl (C=O) groups is 1. The van der Waals surface area contributed by atoms with Crippen LogP contribution in [-0.2, 0) is 0 Å². The number of ether oxygens (including phenoxy) is 1. The van der Waals surface area contributed by atoms with Crippen LogP contribution in [0.4, 0.5) is 4.39 Å². The van der Waals surface area contributed by atoms with Gasteiger partial charge in [-0.3, -0.25) is 10.2 Å². The Kier molecular flexibility index (Phi) is 6.69. The fourth-order valence-corrected chi connectivity index (χ4v) is 4.31. The van der Waals surface area contributed by atoms with Crippen LogP contribution in [0.2, 0.25) is 10.0 Å². The second-order valence-electron chi connectivity index (χ2n) is 7.65. The zero-order valence-corrected chi connectivity index (χ0v) is 19.3. The highest BCUT2D eigenvalue weighted by atomic mass is 35.5. The van der Waals surface area contributed by atoms with E-state index in [1.165, 1.54) is 10.7 Å². The molecule has 1 fully saturated rings. The van der Waals surface area contributed by atoms with Gasteiger partial charge in [0.05, 0.1) is 23.5 Å². The average Bonchev–Trinajstić information content (AvgIpc) is 3.15. The Morgan fingerprint density at radius 1 is 1.09 bits per heavy atom. The number of rotatable bonds is 5. The topological polar surface area (TPSA) is 59.4 Å². The van der Waals surface area contributed by atoms with E-state index in [0.717, 1.165) is 37.9 Å². The number of aromatic nitrogens is 2. The number of hydrazine groups is 1. The van der Waals surface area contributed by atoms with Crippen LogP contribution >= 0.6 is 23.2 Å². The van der Waals surface area contributed by atoms with Crippen molar-refractivity contribution in [3.63, 3.8) is 0 Å². The molecule has 4 rings (SSSR count). The van der Waals surface area contributed by atoms with Crippen LogP contribution in [0.25, 0.3) is 16.9 Å². The normalized spacial score (nSPS) is 14.4. The Labute approximate surface area is 195 Å². The van der Waals surface area contributed by atoms with Crippen molar-refractivity contribution in [1.29, 1.82) is 0 Å². The summed E-state index contributed by atoms with van der Waals surface area (Å²) in [7, 11) is 1.59. The molecule has 0 saturated carbocycles. The number of amides is 1. The van der Waals surface area contributed by atoms with Crippen molar-refractivity contribution in [2.45, 2.75) is 26.2 Å². The second kappa shape index (κ2) is 9.48. The number of benzene rings is 2. The molecule has 0 atom stereocenters. The zero-order valence-electron chi connectivity index (χ0n) is 17.8. The van der Waals surface area contributed by atoms with Gasteiger partial charge in [-0.2, -0.15) is 5.10 Å². The molecule has 1 aromatic heterocycles. The van der Waals surface area contributed by atoms with Crippen molar-refractivity contribution in [1.82, 2.24) is 20.2 Å². The van der Waals surface area contributed by atoms with Gasteiger partial charge >= 0.3 is 0 Å². The van der Waals surface area contributed by atoms with Crippen LogP contribution in [0.5, 0.6) is 5.75 Å². The molecular weight excluding hydrogens is 454 g/mol. The lowest BCUT2D eigenvalue weighted by atomic mass is 10.1. The second-order valence-corrected chi connectivity index (χ2v) is 8.43. The number of nitrogens with one attached hydrogen (secondary N) is 1. The number of hydrogen-bond acceptors (Lipinski definition) is 4. The molecule has 1 saturated heterocycles. The molecule has 32 heavy (non-hydrogen) atoms. The third-order valence-corrected chi connectivity index (χ3v) is 6.21. The summed E-state index contributed by atoms with van der Waals surface area (Å²) >= 11 is 12.2. The lowest BCUT2D eigenvalue weighted by Crippen LogP contribution is -2.45. The summed E-state index contributed by atoms with van der Waals surface area (Å²) < 4.78 is 21.2. The first-order valence-electron chi connectivity index (χ1n) is 10.3. The molecule has 2 aromatic carbocycles. The molecule has 1 N–H and O–H groups in total. The molecule has 0 radical (unpaired) electrons. The fraction of sp³-hybridized carbons (Fsp3) is 0.304. The predicted molar refractivity (Wildman–Crippen MR) is 123 cm³/mol. The van der Waals surface area contributed by atoms with E-state index in [1.54, 1.807) is 13.2 Å². The molecule has 2 heterocycles. The Balaban J connectivity index is 1.82. The van der Waals surface area contributed by atoms with Gasteiger partial charge in [-0.25, -0.2) is 14.1 Å². The first kappa shape index (κ1) is 22.6. The van der Waals surface area contributed by atoms with E-state index in [9.17, 15) is 9.18 Å². The number of carbonyl (C=O) groups excluding carboxylic acids is 1. The summed E-state index contributed by atoms with van der Waals surface area (Å²) in [5, 5.41) is 6.20. The Morgan fingerprint density at radius 3 is 2.44 bits per heavy atom. The van der Waals surface area contributed by atoms with Gasteiger partial charge in [0.1, 0.15) is 10.8 Å². The standard InChI is InChI=1S/C23H23Cl2FN4O2/c1-14-21(23(31)28-29-12-4-3-5-13-29)27-30(18-11-10-17(24)20(26)19(18)25)22(14)15-6-8-16(32-2)9-7-15/h6-11H,3-5,12-13H2,1-2H3,(H,28,31). The lowest BCUT2D eigenvalue weighted by molar-refractivity contribution is 0.0743. The third kappa shape index (κ3) is 4.33. The molecule has 1 aliphatic heterocycles. The van der Waals surface area contributed by atoms with Gasteiger partial charge < -0.3 is 4.74 Å². The summed E-state index contributed by atoms with van der Waals surface area (Å²) in [6, 6.07) is 10.3. The SMILES string of the molecule is COc1ccc(-c2c(C)c(C(=O)NN3CCCCC3)nn2-c2ccc(Cl)c(F)c2Cl)cc1. The van der Waals surface area contributed by atoms with E-state index in [4.69, 9.17) is 27.9 Å². The monoisotopic (exact) mass is 476 g/mol. The predicted octanol–water partition coefficient (Wildman–Crippen LogP) is 5.43. The Hall–Kier alpha value is -2.61. The lowest BCUT2D eigenvalue weighted by Gasteiger charge is -2.26. The Bertz CT molecular complexity index is 1140. The maximum atomic E-state index is 14.5. The molecule has 1 aliphatic rings. The van der Waals surface area contributed by atoms with Gasteiger partial charge in [0.25, 0.3) is 5.91 Å². The zero-order chi connectivity index (χ0) is 22.8. The van der Waals surface area contributed by atoms with Crippen molar-refractivity contribution >= 4 is 29.1 Å². The third-order valence-electron chi connectivity index (χ3n) is 5.56. The van der Waals surface area contributed by atoms with Crippen molar-refractivity contribution in [3.8, 4) is 22.7 Å². The van der Waals surface area contributed by atoms with Crippen molar-refractivity contribution in [2.24, 2.45) is 0 Å². The smallest absolute Gasteiger partial charge is 0.286 e. The van der Waals surface area contributed by atoms with Crippen LogP contribution in [0.3, 0.4) is 0 Å². The minimum absolute atomic E-state index is 0.0864. The highest BCUT2D eigenvalue weighted by molar-refractivity contribution is 6.36. The van der Waals surface area contributed by atoms with E-state index in [0.29, 0.717) is 22.7 Å². The quantitative estimate of drug-likeness (QED) is 0.498. The largest absolute Gasteiger partial charge is 0.497 e. The molecule has 1 amide bonds. The first-order chi connectivity index (χ1) is 15.4. The minimum atomic E-state index is -0.737.